The normalized spacial score (nSPS) is 12.8. The van der Waals surface area contributed by atoms with Gasteiger partial charge in [-0.15, -0.1) is 10.2 Å². The molecule has 180 valence electrons. The topological polar surface area (TPSA) is 76.9 Å². The summed E-state index contributed by atoms with van der Waals surface area (Å²) in [5.74, 6) is 1.26. The molecule has 4 aromatic rings. The molecule has 0 saturated carbocycles. The Kier molecular flexibility index (Phi) is 7.85. The lowest BCUT2D eigenvalue weighted by molar-refractivity contribution is 0.564. The van der Waals surface area contributed by atoms with Crippen molar-refractivity contribution < 1.29 is 8.42 Å². The van der Waals surface area contributed by atoms with Gasteiger partial charge in [-0.3, -0.25) is 4.57 Å². The molecule has 0 aliphatic rings. The second-order valence-electron chi connectivity index (χ2n) is 8.32. The minimum atomic E-state index is -3.70. The van der Waals surface area contributed by atoms with E-state index >= 15 is 0 Å². The summed E-state index contributed by atoms with van der Waals surface area (Å²) in [6.45, 7) is 5.89. The van der Waals surface area contributed by atoms with Gasteiger partial charge in [0, 0.05) is 16.8 Å². The number of benzene rings is 3. The Morgan fingerprint density at radius 2 is 1.63 bits per heavy atom. The number of thioether (sulfide) groups is 1. The molecule has 0 aliphatic heterocycles. The summed E-state index contributed by atoms with van der Waals surface area (Å²) in [7, 11) is -3.70. The van der Waals surface area contributed by atoms with Crippen molar-refractivity contribution in [1.29, 1.82) is 0 Å². The molecule has 4 rings (SSSR count). The van der Waals surface area contributed by atoms with Crippen molar-refractivity contribution in [1.82, 2.24) is 19.5 Å². The monoisotopic (exact) mass is 504 g/mol. The molecule has 0 saturated heterocycles. The second kappa shape index (κ2) is 11.0. The van der Waals surface area contributed by atoms with Gasteiger partial charge in [-0.1, -0.05) is 84.1 Å². The Morgan fingerprint density at radius 1 is 0.943 bits per heavy atom. The maximum atomic E-state index is 12.8. The lowest BCUT2D eigenvalue weighted by Crippen LogP contribution is -2.27. The maximum Gasteiger partial charge on any atom is 0.234 e. The molecule has 1 unspecified atom stereocenters. The van der Waals surface area contributed by atoms with Gasteiger partial charge in [-0.2, -0.15) is 0 Å². The van der Waals surface area contributed by atoms with Crippen molar-refractivity contribution in [2.45, 2.75) is 37.7 Å². The number of aryl methyl sites for hydroxylation is 2. The highest BCUT2D eigenvalue weighted by atomic mass is 32.2. The van der Waals surface area contributed by atoms with Crippen molar-refractivity contribution in [3.63, 3.8) is 0 Å². The summed E-state index contributed by atoms with van der Waals surface area (Å²) < 4.78 is 30.2. The summed E-state index contributed by atoms with van der Waals surface area (Å²) >= 11 is 1.58. The maximum absolute atomic E-state index is 12.8. The van der Waals surface area contributed by atoms with Gasteiger partial charge in [0.25, 0.3) is 0 Å². The van der Waals surface area contributed by atoms with Gasteiger partial charge < -0.3 is 0 Å². The average molecular weight is 505 g/mol. The molecule has 35 heavy (non-hydrogen) atoms. The van der Waals surface area contributed by atoms with Crippen molar-refractivity contribution in [3.05, 3.63) is 112 Å². The van der Waals surface area contributed by atoms with Crippen LogP contribution < -0.4 is 4.72 Å². The first-order chi connectivity index (χ1) is 16.8. The van der Waals surface area contributed by atoms with E-state index in [-0.39, 0.29) is 0 Å². The first-order valence-electron chi connectivity index (χ1n) is 11.3. The van der Waals surface area contributed by atoms with E-state index in [1.165, 1.54) is 16.5 Å². The molecule has 8 heteroatoms. The molecule has 1 atom stereocenters. The van der Waals surface area contributed by atoms with Gasteiger partial charge >= 0.3 is 0 Å². The first kappa shape index (κ1) is 24.9. The van der Waals surface area contributed by atoms with E-state index < -0.39 is 16.1 Å². The number of rotatable bonds is 9. The van der Waals surface area contributed by atoms with Crippen LogP contribution in [0.1, 0.15) is 41.0 Å². The van der Waals surface area contributed by atoms with Crippen LogP contribution in [0.5, 0.6) is 0 Å². The zero-order valence-corrected chi connectivity index (χ0v) is 21.6. The number of sulfonamides is 1. The molecular formula is C27H28N4O2S2. The summed E-state index contributed by atoms with van der Waals surface area (Å²) in [4.78, 5) is 0. The fraction of sp³-hybridized carbons (Fsp3) is 0.185. The fourth-order valence-corrected chi connectivity index (χ4v) is 5.62. The molecule has 1 aromatic heterocycles. The van der Waals surface area contributed by atoms with Gasteiger partial charge in [-0.25, -0.2) is 13.1 Å². The van der Waals surface area contributed by atoms with Crippen molar-refractivity contribution >= 4 is 27.9 Å². The number of hydrogen-bond acceptors (Lipinski definition) is 5. The van der Waals surface area contributed by atoms with E-state index in [2.05, 4.69) is 34.0 Å². The molecule has 1 N–H and O–H groups in total. The average Bonchev–Trinajstić information content (AvgIpc) is 3.27. The SMILES string of the molecule is Cc1ccc(-n2c(SCc3ccccc3C)nnc2C(C)NS(=O)(=O)/C=C/c2ccccc2)cc1. The van der Waals surface area contributed by atoms with E-state index in [1.54, 1.807) is 24.8 Å². The largest absolute Gasteiger partial charge is 0.273 e. The van der Waals surface area contributed by atoms with Crippen molar-refractivity contribution in [2.24, 2.45) is 0 Å². The predicted molar refractivity (Wildman–Crippen MR) is 143 cm³/mol. The molecule has 0 fully saturated rings. The van der Waals surface area contributed by atoms with Crippen molar-refractivity contribution in [2.75, 3.05) is 0 Å². The van der Waals surface area contributed by atoms with E-state index in [0.29, 0.717) is 11.0 Å². The zero-order chi connectivity index (χ0) is 24.8. The number of nitrogens with zero attached hydrogens (tertiary/aromatic N) is 3. The van der Waals surface area contributed by atoms with E-state index in [9.17, 15) is 8.42 Å². The Labute approximate surface area is 211 Å². The molecule has 0 bridgehead atoms. The second-order valence-corrected chi connectivity index (χ2v) is 10.9. The number of hydrogen-bond donors (Lipinski definition) is 1. The molecule has 3 aromatic carbocycles. The smallest absolute Gasteiger partial charge is 0.234 e. The van der Waals surface area contributed by atoms with Crippen LogP contribution in [0.3, 0.4) is 0 Å². The van der Waals surface area contributed by atoms with Gasteiger partial charge in [0.15, 0.2) is 11.0 Å². The van der Waals surface area contributed by atoms with Crippen LogP contribution in [0.25, 0.3) is 11.8 Å². The van der Waals surface area contributed by atoms with Crippen LogP contribution in [0, 0.1) is 13.8 Å². The molecule has 0 amide bonds. The lowest BCUT2D eigenvalue weighted by atomic mass is 10.1. The number of aromatic nitrogens is 3. The van der Waals surface area contributed by atoms with Crippen LogP contribution in [-0.4, -0.2) is 23.2 Å². The van der Waals surface area contributed by atoms with Crippen LogP contribution in [-0.2, 0) is 15.8 Å². The highest BCUT2D eigenvalue weighted by Gasteiger charge is 2.23. The van der Waals surface area contributed by atoms with Crippen LogP contribution >= 0.6 is 11.8 Å². The van der Waals surface area contributed by atoms with Crippen LogP contribution in [0.2, 0.25) is 0 Å². The van der Waals surface area contributed by atoms with E-state index in [1.807, 2.05) is 78.2 Å². The third-order valence-electron chi connectivity index (χ3n) is 5.54. The highest BCUT2D eigenvalue weighted by Crippen LogP contribution is 2.28. The minimum Gasteiger partial charge on any atom is -0.273 e. The van der Waals surface area contributed by atoms with E-state index in [4.69, 9.17) is 0 Å². The van der Waals surface area contributed by atoms with Gasteiger partial charge in [0.05, 0.1) is 6.04 Å². The Bertz CT molecular complexity index is 1410. The summed E-state index contributed by atoms with van der Waals surface area (Å²) in [5.41, 5.74) is 5.26. The van der Waals surface area contributed by atoms with Gasteiger partial charge in [-0.05, 0) is 55.7 Å². The highest BCUT2D eigenvalue weighted by molar-refractivity contribution is 7.98. The summed E-state index contributed by atoms with van der Waals surface area (Å²) in [6, 6.07) is 25.0. The predicted octanol–water partition coefficient (Wildman–Crippen LogP) is 5.83. The molecule has 6 nitrogen and oxygen atoms in total. The Balaban J connectivity index is 1.61. The standard InChI is InChI=1S/C27H28N4O2S2/c1-20-13-15-25(16-14-20)31-26(28-29-27(31)34-19-24-12-8-7-9-21(24)2)22(3)30-35(32,33)18-17-23-10-5-4-6-11-23/h4-18,22,30H,19H2,1-3H3/b18-17+. The van der Waals surface area contributed by atoms with Crippen LogP contribution in [0.4, 0.5) is 0 Å². The molecule has 0 spiro atoms. The quantitative estimate of drug-likeness (QED) is 0.290. The Morgan fingerprint density at radius 3 is 2.34 bits per heavy atom. The molecule has 0 aliphatic carbocycles. The molecule has 0 radical (unpaired) electrons. The lowest BCUT2D eigenvalue weighted by Gasteiger charge is -2.16. The van der Waals surface area contributed by atoms with Gasteiger partial charge in [0.2, 0.25) is 10.0 Å². The number of nitrogens with one attached hydrogen (secondary N) is 1. The van der Waals surface area contributed by atoms with Gasteiger partial charge in [0.1, 0.15) is 0 Å². The first-order valence-corrected chi connectivity index (χ1v) is 13.8. The minimum absolute atomic E-state index is 0.526. The summed E-state index contributed by atoms with van der Waals surface area (Å²) in [5, 5.41) is 10.7. The van der Waals surface area contributed by atoms with Crippen molar-refractivity contribution in [3.8, 4) is 5.69 Å². The fourth-order valence-electron chi connectivity index (χ4n) is 3.58. The zero-order valence-electron chi connectivity index (χ0n) is 19.9. The van der Waals surface area contributed by atoms with Crippen LogP contribution in [0.15, 0.2) is 89.4 Å². The summed E-state index contributed by atoms with van der Waals surface area (Å²) in [6.07, 6.45) is 1.57. The third-order valence-corrected chi connectivity index (χ3v) is 7.69. The molecule has 1 heterocycles. The third kappa shape index (κ3) is 6.48. The molecular weight excluding hydrogens is 476 g/mol. The Hall–Kier alpha value is -3.20. The van der Waals surface area contributed by atoms with E-state index in [0.717, 1.165) is 22.6 Å².